The van der Waals surface area contributed by atoms with E-state index in [-0.39, 0.29) is 36.9 Å². The number of anilines is 1. The summed E-state index contributed by atoms with van der Waals surface area (Å²) in [5.74, 6) is 0.440. The van der Waals surface area contributed by atoms with Crippen LogP contribution >= 0.6 is 11.8 Å². The third kappa shape index (κ3) is 8.07. The van der Waals surface area contributed by atoms with Crippen LogP contribution in [0.4, 0.5) is 10.5 Å². The predicted molar refractivity (Wildman–Crippen MR) is 169 cm³/mol. The Balaban J connectivity index is 1.56. The second kappa shape index (κ2) is 14.9. The Morgan fingerprint density at radius 2 is 1.84 bits per heavy atom. The summed E-state index contributed by atoms with van der Waals surface area (Å²) in [5, 5.41) is 17.2. The van der Waals surface area contributed by atoms with Gasteiger partial charge in [0.05, 0.1) is 32.0 Å². The minimum atomic E-state index is -0.742. The Labute approximate surface area is 256 Å². The van der Waals surface area contributed by atoms with Crippen molar-refractivity contribution in [2.24, 2.45) is 11.7 Å². The van der Waals surface area contributed by atoms with Crippen molar-refractivity contribution in [1.29, 1.82) is 0 Å². The second-order valence-electron chi connectivity index (χ2n) is 10.6. The number of methoxy groups -OCH3 is 1. The summed E-state index contributed by atoms with van der Waals surface area (Å²) in [4.78, 5) is 41.3. The number of nitrogens with two attached hydrogens (primary N) is 1. The summed E-state index contributed by atoms with van der Waals surface area (Å²) in [6.45, 7) is 4.43. The second-order valence-corrected chi connectivity index (χ2v) is 11.6. The lowest BCUT2D eigenvalue weighted by Crippen LogP contribution is -2.54. The SMILES string of the molecule is COc1ccc2c(c1)SC[C@@H](NC(=O)C(N)C(C)C)C(=O)N2Cc1ccc(-c2ccccc2CNC(=O)NCCO)cc1. The van der Waals surface area contributed by atoms with E-state index >= 15 is 0 Å². The van der Waals surface area contributed by atoms with Gasteiger partial charge in [-0.1, -0.05) is 62.4 Å². The maximum absolute atomic E-state index is 13.9. The Kier molecular flexibility index (Phi) is 11.0. The number of nitrogens with one attached hydrogen (secondary N) is 3. The van der Waals surface area contributed by atoms with Crippen LogP contribution in [0, 0.1) is 5.92 Å². The molecule has 1 unspecified atom stereocenters. The molecule has 0 spiro atoms. The van der Waals surface area contributed by atoms with Gasteiger partial charge >= 0.3 is 6.03 Å². The molecule has 43 heavy (non-hydrogen) atoms. The number of thioether (sulfide) groups is 1. The normalized spacial score (nSPS) is 15.3. The van der Waals surface area contributed by atoms with Gasteiger partial charge in [0.15, 0.2) is 0 Å². The molecular weight excluding hydrogens is 566 g/mol. The summed E-state index contributed by atoms with van der Waals surface area (Å²) in [7, 11) is 1.60. The fraction of sp³-hybridized carbons (Fsp3) is 0.344. The van der Waals surface area contributed by atoms with E-state index in [1.54, 1.807) is 12.0 Å². The number of amides is 4. The number of hydrogen-bond acceptors (Lipinski definition) is 7. The van der Waals surface area contributed by atoms with Gasteiger partial charge in [0.25, 0.3) is 5.91 Å². The highest BCUT2D eigenvalue weighted by Gasteiger charge is 2.33. The van der Waals surface area contributed by atoms with E-state index in [2.05, 4.69) is 16.0 Å². The zero-order valence-corrected chi connectivity index (χ0v) is 25.4. The standard InChI is InChI=1S/C32H39N5O5S/c1-20(2)29(33)30(39)36-26-19-43-28-16-24(42-3)12-13-27(28)37(31(26)40)18-21-8-10-22(11-9-21)25-7-5-4-6-23(25)17-35-32(41)34-14-15-38/h4-13,16,20,26,29,38H,14-15,17-19,33H2,1-3H3,(H,36,39)(H2,34,35,41)/t26-,29?/m1/s1. The number of rotatable bonds is 11. The van der Waals surface area contributed by atoms with E-state index in [9.17, 15) is 14.4 Å². The van der Waals surface area contributed by atoms with Crippen LogP contribution in [0.15, 0.2) is 71.6 Å². The molecular formula is C32H39N5O5S. The summed E-state index contributed by atoms with van der Waals surface area (Å²) in [6.07, 6.45) is 0. The van der Waals surface area contributed by atoms with Gasteiger partial charge in [-0.15, -0.1) is 11.8 Å². The van der Waals surface area contributed by atoms with Crippen molar-refractivity contribution in [3.63, 3.8) is 0 Å². The molecule has 0 saturated heterocycles. The highest BCUT2D eigenvalue weighted by molar-refractivity contribution is 7.99. The average Bonchev–Trinajstić information content (AvgIpc) is 3.14. The molecule has 3 aromatic carbocycles. The molecule has 1 heterocycles. The van der Waals surface area contributed by atoms with Crippen molar-refractivity contribution in [2.45, 2.75) is 43.9 Å². The summed E-state index contributed by atoms with van der Waals surface area (Å²) >= 11 is 1.49. The topological polar surface area (TPSA) is 146 Å². The van der Waals surface area contributed by atoms with Crippen molar-refractivity contribution in [1.82, 2.24) is 16.0 Å². The summed E-state index contributed by atoms with van der Waals surface area (Å²) < 4.78 is 5.42. The van der Waals surface area contributed by atoms with Crippen molar-refractivity contribution < 1.29 is 24.2 Å². The van der Waals surface area contributed by atoms with Gasteiger partial charge in [0.2, 0.25) is 5.91 Å². The Bertz CT molecular complexity index is 1430. The van der Waals surface area contributed by atoms with Crippen molar-refractivity contribution in [3.8, 4) is 16.9 Å². The fourth-order valence-electron chi connectivity index (χ4n) is 4.68. The van der Waals surface area contributed by atoms with Crippen molar-refractivity contribution >= 4 is 35.3 Å². The Hall–Kier alpha value is -4.06. The molecule has 2 atom stereocenters. The lowest BCUT2D eigenvalue weighted by atomic mass is 9.98. The van der Waals surface area contributed by atoms with E-state index < -0.39 is 12.1 Å². The van der Waals surface area contributed by atoms with Crippen LogP contribution in [0.25, 0.3) is 11.1 Å². The van der Waals surface area contributed by atoms with Crippen molar-refractivity contribution in [3.05, 3.63) is 77.9 Å². The van der Waals surface area contributed by atoms with Crippen LogP contribution < -0.4 is 31.3 Å². The van der Waals surface area contributed by atoms with E-state index in [1.807, 2.05) is 80.6 Å². The number of carbonyl (C=O) groups excluding carboxylic acids is 3. The molecule has 10 nitrogen and oxygen atoms in total. The first-order valence-electron chi connectivity index (χ1n) is 14.2. The van der Waals surface area contributed by atoms with Crippen LogP contribution in [0.2, 0.25) is 0 Å². The van der Waals surface area contributed by atoms with Gasteiger partial charge in [-0.2, -0.15) is 0 Å². The molecule has 0 saturated carbocycles. The molecule has 6 N–H and O–H groups in total. The zero-order valence-electron chi connectivity index (χ0n) is 24.6. The van der Waals surface area contributed by atoms with E-state index in [1.165, 1.54) is 11.8 Å². The molecule has 3 aromatic rings. The van der Waals surface area contributed by atoms with Gasteiger partial charge in [-0.25, -0.2) is 4.79 Å². The van der Waals surface area contributed by atoms with E-state index in [0.717, 1.165) is 32.8 Å². The molecule has 0 bridgehead atoms. The van der Waals surface area contributed by atoms with Gasteiger partial charge in [-0.3, -0.25) is 9.59 Å². The van der Waals surface area contributed by atoms with E-state index in [4.69, 9.17) is 15.6 Å². The highest BCUT2D eigenvalue weighted by atomic mass is 32.2. The molecule has 0 radical (unpaired) electrons. The molecule has 0 aromatic heterocycles. The first-order valence-corrected chi connectivity index (χ1v) is 15.2. The average molecular weight is 606 g/mol. The van der Waals surface area contributed by atoms with Gasteiger partial charge < -0.3 is 36.4 Å². The molecule has 0 aliphatic carbocycles. The Morgan fingerprint density at radius 1 is 1.09 bits per heavy atom. The Morgan fingerprint density at radius 3 is 2.53 bits per heavy atom. The highest BCUT2D eigenvalue weighted by Crippen LogP contribution is 2.38. The molecule has 4 amide bonds. The number of ether oxygens (including phenoxy) is 1. The smallest absolute Gasteiger partial charge is 0.315 e. The minimum absolute atomic E-state index is 0.0612. The van der Waals surface area contributed by atoms with Crippen LogP contribution in [0.5, 0.6) is 5.75 Å². The number of carbonyl (C=O) groups is 3. The number of fused-ring (bicyclic) bond motifs is 1. The molecule has 1 aliphatic heterocycles. The van der Waals surface area contributed by atoms with Crippen LogP contribution in [0.3, 0.4) is 0 Å². The fourth-order valence-corrected chi connectivity index (χ4v) is 5.78. The largest absolute Gasteiger partial charge is 0.497 e. The summed E-state index contributed by atoms with van der Waals surface area (Å²) in [5.41, 5.74) is 10.6. The third-order valence-corrected chi connectivity index (χ3v) is 8.36. The summed E-state index contributed by atoms with van der Waals surface area (Å²) in [6, 6.07) is 19.5. The lowest BCUT2D eigenvalue weighted by molar-refractivity contribution is -0.128. The molecule has 11 heteroatoms. The maximum atomic E-state index is 13.9. The number of urea groups is 1. The number of aliphatic hydroxyl groups excluding tert-OH is 1. The quantitative estimate of drug-likeness (QED) is 0.226. The number of nitrogens with zero attached hydrogens (tertiary/aromatic N) is 1. The molecule has 0 fully saturated rings. The van der Waals surface area contributed by atoms with Crippen LogP contribution in [-0.2, 0) is 22.7 Å². The first kappa shape index (κ1) is 31.9. The predicted octanol–water partition coefficient (Wildman–Crippen LogP) is 3.26. The third-order valence-electron chi connectivity index (χ3n) is 7.22. The monoisotopic (exact) mass is 605 g/mol. The van der Waals surface area contributed by atoms with E-state index in [0.29, 0.717) is 24.6 Å². The van der Waals surface area contributed by atoms with Crippen molar-refractivity contribution in [2.75, 3.05) is 30.9 Å². The van der Waals surface area contributed by atoms with Crippen LogP contribution in [-0.4, -0.2) is 61.0 Å². The number of hydrogen-bond donors (Lipinski definition) is 5. The van der Waals surface area contributed by atoms with Gasteiger partial charge in [0, 0.05) is 23.7 Å². The van der Waals surface area contributed by atoms with Gasteiger partial charge in [-0.05, 0) is 46.4 Å². The maximum Gasteiger partial charge on any atom is 0.315 e. The molecule has 4 rings (SSSR count). The number of benzene rings is 3. The minimum Gasteiger partial charge on any atom is -0.497 e. The number of aliphatic hydroxyl groups is 1. The first-order chi connectivity index (χ1) is 20.7. The molecule has 1 aliphatic rings. The molecule has 228 valence electrons. The van der Waals surface area contributed by atoms with Crippen LogP contribution in [0.1, 0.15) is 25.0 Å². The van der Waals surface area contributed by atoms with Gasteiger partial charge in [0.1, 0.15) is 11.8 Å². The lowest BCUT2D eigenvalue weighted by Gasteiger charge is -2.27. The zero-order chi connectivity index (χ0) is 30.9.